The van der Waals surface area contributed by atoms with Gasteiger partial charge in [-0.2, -0.15) is 0 Å². The van der Waals surface area contributed by atoms with Crippen LogP contribution in [0.2, 0.25) is 0 Å². The van der Waals surface area contributed by atoms with Crippen molar-refractivity contribution in [3.05, 3.63) is 29.8 Å². The number of carbonyl (C=O) groups excluding carboxylic acids is 2. The maximum Gasteiger partial charge on any atom is 0.232 e. The Morgan fingerprint density at radius 1 is 1.33 bits per heavy atom. The molecule has 2 aliphatic rings. The second-order valence-electron chi connectivity index (χ2n) is 7.25. The van der Waals surface area contributed by atoms with Gasteiger partial charge in [0.2, 0.25) is 11.8 Å². The second kappa shape index (κ2) is 6.20. The molecule has 130 valence electrons. The van der Waals surface area contributed by atoms with E-state index in [-0.39, 0.29) is 29.3 Å². The summed E-state index contributed by atoms with van der Waals surface area (Å²) in [5.74, 6) is 0.659. The van der Waals surface area contributed by atoms with E-state index in [4.69, 9.17) is 4.74 Å². The lowest BCUT2D eigenvalue weighted by atomic mass is 9.77. The minimum Gasteiger partial charge on any atom is -0.497 e. The van der Waals surface area contributed by atoms with Crippen LogP contribution in [0.25, 0.3) is 0 Å². The van der Waals surface area contributed by atoms with Gasteiger partial charge in [0, 0.05) is 31.5 Å². The fourth-order valence-corrected chi connectivity index (χ4v) is 3.95. The van der Waals surface area contributed by atoms with Crippen LogP contribution < -0.4 is 4.74 Å². The fraction of sp³-hybridized carbons (Fsp3) is 0.579. The van der Waals surface area contributed by atoms with E-state index in [1.807, 2.05) is 26.0 Å². The quantitative estimate of drug-likeness (QED) is 0.851. The molecule has 1 aromatic rings. The maximum absolute atomic E-state index is 12.5. The number of benzene rings is 1. The van der Waals surface area contributed by atoms with Crippen LogP contribution in [0.3, 0.4) is 0 Å². The molecule has 2 atom stereocenters. The SMILES string of the molecule is COc1ccc(CN2CC3(CCC(=O)N3C(=O)C(C)C)C2C)cc1. The highest BCUT2D eigenvalue weighted by Gasteiger charge is 2.60. The van der Waals surface area contributed by atoms with Gasteiger partial charge in [0.1, 0.15) is 5.75 Å². The topological polar surface area (TPSA) is 49.9 Å². The average molecular weight is 330 g/mol. The van der Waals surface area contributed by atoms with Gasteiger partial charge in [-0.15, -0.1) is 0 Å². The smallest absolute Gasteiger partial charge is 0.232 e. The highest BCUT2D eigenvalue weighted by atomic mass is 16.5. The molecule has 0 aromatic heterocycles. The first-order valence-corrected chi connectivity index (χ1v) is 8.63. The Hall–Kier alpha value is -1.88. The number of nitrogens with zero attached hydrogens (tertiary/aromatic N) is 2. The van der Waals surface area contributed by atoms with Crippen molar-refractivity contribution in [1.29, 1.82) is 0 Å². The molecule has 5 heteroatoms. The molecule has 0 radical (unpaired) electrons. The fourth-order valence-electron chi connectivity index (χ4n) is 3.95. The van der Waals surface area contributed by atoms with E-state index in [9.17, 15) is 9.59 Å². The van der Waals surface area contributed by atoms with Crippen LogP contribution in [-0.4, -0.2) is 46.8 Å². The van der Waals surface area contributed by atoms with Crippen molar-refractivity contribution < 1.29 is 14.3 Å². The Kier molecular flexibility index (Phi) is 4.38. The minimum atomic E-state index is -0.301. The van der Waals surface area contributed by atoms with Crippen LogP contribution >= 0.6 is 0 Å². The lowest BCUT2D eigenvalue weighted by molar-refractivity contribution is -0.163. The maximum atomic E-state index is 12.5. The molecule has 2 heterocycles. The summed E-state index contributed by atoms with van der Waals surface area (Å²) in [5.41, 5.74) is 0.911. The van der Waals surface area contributed by atoms with Gasteiger partial charge in [0.15, 0.2) is 0 Å². The molecule has 1 spiro atoms. The van der Waals surface area contributed by atoms with Gasteiger partial charge < -0.3 is 4.74 Å². The molecule has 2 aliphatic heterocycles. The third kappa shape index (κ3) is 2.61. The highest BCUT2D eigenvalue weighted by molar-refractivity contribution is 5.99. The summed E-state index contributed by atoms with van der Waals surface area (Å²) >= 11 is 0. The van der Waals surface area contributed by atoms with Crippen molar-refractivity contribution >= 4 is 11.8 Å². The van der Waals surface area contributed by atoms with Gasteiger partial charge in [-0.3, -0.25) is 19.4 Å². The minimum absolute atomic E-state index is 0.00959. The second-order valence-corrected chi connectivity index (χ2v) is 7.25. The lowest BCUT2D eigenvalue weighted by Crippen LogP contribution is -2.74. The first-order valence-electron chi connectivity index (χ1n) is 8.63. The average Bonchev–Trinajstić information content (AvgIpc) is 2.93. The molecular formula is C19H26N2O3. The van der Waals surface area contributed by atoms with Gasteiger partial charge in [0.05, 0.1) is 12.6 Å². The van der Waals surface area contributed by atoms with Crippen LogP contribution in [0.15, 0.2) is 24.3 Å². The number of carbonyl (C=O) groups is 2. The third-order valence-corrected chi connectivity index (χ3v) is 5.53. The van der Waals surface area contributed by atoms with Crippen LogP contribution in [0.5, 0.6) is 5.75 Å². The predicted octanol–water partition coefficient (Wildman–Crippen LogP) is 2.44. The Bertz CT molecular complexity index is 641. The molecule has 2 saturated heterocycles. The summed E-state index contributed by atoms with van der Waals surface area (Å²) in [4.78, 5) is 28.7. The van der Waals surface area contributed by atoms with Crippen molar-refractivity contribution in [2.75, 3.05) is 13.7 Å². The summed E-state index contributed by atoms with van der Waals surface area (Å²) in [7, 11) is 1.66. The van der Waals surface area contributed by atoms with Crippen LogP contribution in [0, 0.1) is 5.92 Å². The van der Waals surface area contributed by atoms with Crippen molar-refractivity contribution in [2.24, 2.45) is 5.92 Å². The lowest BCUT2D eigenvalue weighted by Gasteiger charge is -2.58. The molecule has 3 rings (SSSR count). The van der Waals surface area contributed by atoms with E-state index in [2.05, 4.69) is 24.0 Å². The number of hydrogen-bond acceptors (Lipinski definition) is 4. The molecule has 2 amide bonds. The van der Waals surface area contributed by atoms with Crippen molar-refractivity contribution in [3.8, 4) is 5.75 Å². The largest absolute Gasteiger partial charge is 0.497 e. The molecular weight excluding hydrogens is 304 g/mol. The molecule has 0 saturated carbocycles. The first-order chi connectivity index (χ1) is 11.4. The molecule has 0 aliphatic carbocycles. The summed E-state index contributed by atoms with van der Waals surface area (Å²) in [6.45, 7) is 7.45. The van der Waals surface area contributed by atoms with Crippen LogP contribution in [0.4, 0.5) is 0 Å². The Balaban J connectivity index is 1.72. The van der Waals surface area contributed by atoms with Crippen molar-refractivity contribution in [2.45, 2.75) is 51.7 Å². The predicted molar refractivity (Wildman–Crippen MR) is 91.5 cm³/mol. The highest BCUT2D eigenvalue weighted by Crippen LogP contribution is 2.44. The van der Waals surface area contributed by atoms with E-state index < -0.39 is 0 Å². The number of amides is 2. The Morgan fingerprint density at radius 2 is 2.00 bits per heavy atom. The van der Waals surface area contributed by atoms with Gasteiger partial charge in [-0.05, 0) is 31.0 Å². The first kappa shape index (κ1) is 17.0. The summed E-state index contributed by atoms with van der Waals surface area (Å²) in [5, 5.41) is 0. The van der Waals surface area contributed by atoms with Crippen molar-refractivity contribution in [3.63, 3.8) is 0 Å². The van der Waals surface area contributed by atoms with Crippen LogP contribution in [-0.2, 0) is 16.1 Å². The van der Waals surface area contributed by atoms with Gasteiger partial charge in [-0.25, -0.2) is 0 Å². The number of ether oxygens (including phenoxy) is 1. The zero-order valence-corrected chi connectivity index (χ0v) is 14.9. The standard InChI is InChI=1S/C19H26N2O3/c1-13(2)18(23)21-17(22)9-10-19(21)12-20(14(19)3)11-15-5-7-16(24-4)8-6-15/h5-8,13-14H,9-12H2,1-4H3. The van der Waals surface area contributed by atoms with E-state index in [1.165, 1.54) is 5.56 Å². The summed E-state index contributed by atoms with van der Waals surface area (Å²) in [6.07, 6.45) is 1.27. The number of likely N-dealkylation sites (tertiary alicyclic amines) is 2. The summed E-state index contributed by atoms with van der Waals surface area (Å²) < 4.78 is 5.19. The van der Waals surface area contributed by atoms with E-state index in [0.717, 1.165) is 25.3 Å². The molecule has 0 N–H and O–H groups in total. The Morgan fingerprint density at radius 3 is 2.54 bits per heavy atom. The molecule has 5 nitrogen and oxygen atoms in total. The normalized spacial score (nSPS) is 27.0. The van der Waals surface area contributed by atoms with Gasteiger partial charge in [0.25, 0.3) is 0 Å². The molecule has 2 fully saturated rings. The molecule has 1 aromatic carbocycles. The van der Waals surface area contributed by atoms with E-state index >= 15 is 0 Å². The zero-order valence-electron chi connectivity index (χ0n) is 14.9. The zero-order chi connectivity index (χ0) is 17.5. The number of methoxy groups -OCH3 is 1. The molecule has 2 unspecified atom stereocenters. The van der Waals surface area contributed by atoms with Gasteiger partial charge in [-0.1, -0.05) is 26.0 Å². The third-order valence-electron chi connectivity index (χ3n) is 5.53. The monoisotopic (exact) mass is 330 g/mol. The van der Waals surface area contributed by atoms with E-state index in [1.54, 1.807) is 12.0 Å². The Labute approximate surface area is 143 Å². The summed E-state index contributed by atoms with van der Waals surface area (Å²) in [6, 6.07) is 8.24. The molecule has 24 heavy (non-hydrogen) atoms. The number of hydrogen-bond donors (Lipinski definition) is 0. The molecule has 0 bridgehead atoms. The van der Waals surface area contributed by atoms with Crippen LogP contribution in [0.1, 0.15) is 39.2 Å². The van der Waals surface area contributed by atoms with Gasteiger partial charge >= 0.3 is 0 Å². The van der Waals surface area contributed by atoms with Crippen molar-refractivity contribution in [1.82, 2.24) is 9.80 Å². The van der Waals surface area contributed by atoms with E-state index in [0.29, 0.717) is 6.42 Å². The number of rotatable bonds is 4. The number of imide groups is 1.